The van der Waals surface area contributed by atoms with E-state index in [2.05, 4.69) is 26.8 Å². The van der Waals surface area contributed by atoms with Gasteiger partial charge >= 0.3 is 0 Å². The molecule has 0 aliphatic carbocycles. The molecule has 0 amide bonds. The maximum Gasteiger partial charge on any atom is 0.162 e. The molecule has 5 heteroatoms. The molecule has 138 valence electrons. The van der Waals surface area contributed by atoms with E-state index in [4.69, 9.17) is 19.4 Å². The van der Waals surface area contributed by atoms with E-state index in [9.17, 15) is 5.26 Å². The van der Waals surface area contributed by atoms with E-state index in [1.165, 1.54) is 0 Å². The second kappa shape index (κ2) is 6.95. The first-order valence-electron chi connectivity index (χ1n) is 8.58. The Morgan fingerprint density at radius 1 is 0.846 bits per heavy atom. The van der Waals surface area contributed by atoms with E-state index in [0.717, 1.165) is 17.0 Å². The number of rotatable bonds is 3. The van der Waals surface area contributed by atoms with E-state index in [1.807, 2.05) is 39.0 Å². The van der Waals surface area contributed by atoms with E-state index in [1.54, 1.807) is 14.2 Å². The molecule has 0 saturated heterocycles. The monoisotopic (exact) mass is 353 g/mol. The van der Waals surface area contributed by atoms with Gasteiger partial charge in [-0.3, -0.25) is 0 Å². The van der Waals surface area contributed by atoms with E-state index < -0.39 is 0 Å². The Hall–Kier alpha value is -2.61. The molecule has 0 spiro atoms. The van der Waals surface area contributed by atoms with Crippen molar-refractivity contribution in [1.82, 2.24) is 9.97 Å². The highest BCUT2D eigenvalue weighted by atomic mass is 16.5. The molecule has 2 rings (SSSR count). The van der Waals surface area contributed by atoms with Gasteiger partial charge in [0.15, 0.2) is 17.2 Å². The van der Waals surface area contributed by atoms with Crippen LogP contribution in [-0.4, -0.2) is 24.2 Å². The first-order valence-corrected chi connectivity index (χ1v) is 8.58. The fraction of sp³-hybridized carbons (Fsp3) is 0.476. The summed E-state index contributed by atoms with van der Waals surface area (Å²) in [7, 11) is 3.22. The van der Waals surface area contributed by atoms with Gasteiger partial charge in [0, 0.05) is 16.4 Å². The van der Waals surface area contributed by atoms with Crippen LogP contribution in [0.2, 0.25) is 0 Å². The summed E-state index contributed by atoms with van der Waals surface area (Å²) in [6, 6.07) is 7.92. The Labute approximate surface area is 156 Å². The smallest absolute Gasteiger partial charge is 0.162 e. The minimum Gasteiger partial charge on any atom is -0.493 e. The lowest BCUT2D eigenvalue weighted by Gasteiger charge is -2.26. The molecule has 5 nitrogen and oxygen atoms in total. The summed E-state index contributed by atoms with van der Waals surface area (Å²) in [5.74, 6) is 1.29. The molecule has 1 aromatic heterocycles. The number of ether oxygens (including phenoxy) is 2. The van der Waals surface area contributed by atoms with Crippen molar-refractivity contribution < 1.29 is 9.47 Å². The third kappa shape index (κ3) is 3.80. The van der Waals surface area contributed by atoms with Gasteiger partial charge in [0.25, 0.3) is 0 Å². The molecule has 2 aromatic rings. The highest BCUT2D eigenvalue weighted by molar-refractivity contribution is 5.67. The Balaban J connectivity index is 2.84. The van der Waals surface area contributed by atoms with Gasteiger partial charge in [-0.15, -0.1) is 0 Å². The number of nitrogens with zero attached hydrogens (tertiary/aromatic N) is 3. The average molecular weight is 353 g/mol. The van der Waals surface area contributed by atoms with Gasteiger partial charge in [0.1, 0.15) is 6.07 Å². The number of hydrogen-bond donors (Lipinski definition) is 0. The van der Waals surface area contributed by atoms with Crippen molar-refractivity contribution in [2.75, 3.05) is 14.2 Å². The first kappa shape index (κ1) is 19.7. The number of hydrogen-bond acceptors (Lipinski definition) is 5. The van der Waals surface area contributed by atoms with Crippen molar-refractivity contribution >= 4 is 0 Å². The van der Waals surface area contributed by atoms with Crippen LogP contribution in [0.3, 0.4) is 0 Å². The summed E-state index contributed by atoms with van der Waals surface area (Å²) in [6.07, 6.45) is 0. The molecule has 26 heavy (non-hydrogen) atoms. The molecule has 0 aliphatic heterocycles. The van der Waals surface area contributed by atoms with Gasteiger partial charge < -0.3 is 9.47 Å². The molecule has 0 atom stereocenters. The molecule has 0 N–H and O–H groups in total. The minimum atomic E-state index is -0.292. The maximum absolute atomic E-state index is 9.59. The molecule has 0 radical (unpaired) electrons. The Kier molecular flexibility index (Phi) is 5.27. The average Bonchev–Trinajstić information content (AvgIpc) is 2.58. The molecule has 0 saturated carbocycles. The van der Waals surface area contributed by atoms with Crippen LogP contribution in [0.25, 0.3) is 11.3 Å². The summed E-state index contributed by atoms with van der Waals surface area (Å²) < 4.78 is 10.8. The number of aromatic nitrogens is 2. The van der Waals surface area contributed by atoms with Crippen molar-refractivity contribution in [3.63, 3.8) is 0 Å². The third-order valence-corrected chi connectivity index (χ3v) is 4.08. The standard InChI is InChI=1S/C21H27N3O2/c1-20(2,3)18-14(12-22)23-19(21(4,5)6)17(24-18)13-9-10-15(25-7)16(11-13)26-8/h9-11H,1-8H3. The lowest BCUT2D eigenvalue weighted by atomic mass is 9.85. The van der Waals surface area contributed by atoms with Crippen LogP contribution >= 0.6 is 0 Å². The molecule has 0 bridgehead atoms. The lowest BCUT2D eigenvalue weighted by Crippen LogP contribution is -2.23. The highest BCUT2D eigenvalue weighted by Gasteiger charge is 2.29. The third-order valence-electron chi connectivity index (χ3n) is 4.08. The number of benzene rings is 1. The predicted molar refractivity (Wildman–Crippen MR) is 103 cm³/mol. The topological polar surface area (TPSA) is 68.0 Å². The SMILES string of the molecule is COc1ccc(-c2nc(C(C)(C)C)c(C#N)nc2C(C)(C)C)cc1OC. The van der Waals surface area contributed by atoms with Gasteiger partial charge in [-0.1, -0.05) is 41.5 Å². The largest absolute Gasteiger partial charge is 0.493 e. The zero-order valence-corrected chi connectivity index (χ0v) is 16.9. The van der Waals surface area contributed by atoms with Crippen molar-refractivity contribution in [3.8, 4) is 28.8 Å². The van der Waals surface area contributed by atoms with Crippen molar-refractivity contribution in [2.24, 2.45) is 0 Å². The number of nitriles is 1. The van der Waals surface area contributed by atoms with Crippen LogP contribution in [0.15, 0.2) is 18.2 Å². The molecule has 0 unspecified atom stereocenters. The van der Waals surface area contributed by atoms with Crippen LogP contribution < -0.4 is 9.47 Å². The van der Waals surface area contributed by atoms with Crippen LogP contribution in [0.4, 0.5) is 0 Å². The molecular formula is C21H27N3O2. The van der Waals surface area contributed by atoms with Gasteiger partial charge in [-0.25, -0.2) is 9.97 Å². The summed E-state index contributed by atoms with van der Waals surface area (Å²) in [5, 5.41) is 9.59. The fourth-order valence-corrected chi connectivity index (χ4v) is 2.74. The minimum absolute atomic E-state index is 0.266. The van der Waals surface area contributed by atoms with Crippen molar-refractivity contribution in [1.29, 1.82) is 5.26 Å². The van der Waals surface area contributed by atoms with E-state index in [0.29, 0.717) is 22.9 Å². The molecule has 1 heterocycles. The van der Waals surface area contributed by atoms with Crippen molar-refractivity contribution in [3.05, 3.63) is 35.3 Å². The van der Waals surface area contributed by atoms with E-state index >= 15 is 0 Å². The maximum atomic E-state index is 9.59. The molecular weight excluding hydrogens is 326 g/mol. The van der Waals surface area contributed by atoms with Gasteiger partial charge in [-0.2, -0.15) is 5.26 Å². The Morgan fingerprint density at radius 3 is 1.88 bits per heavy atom. The van der Waals surface area contributed by atoms with Gasteiger partial charge in [0.2, 0.25) is 0 Å². The highest BCUT2D eigenvalue weighted by Crippen LogP contribution is 2.37. The van der Waals surface area contributed by atoms with Crippen LogP contribution in [0.5, 0.6) is 11.5 Å². The van der Waals surface area contributed by atoms with Gasteiger partial charge in [0.05, 0.1) is 31.3 Å². The van der Waals surface area contributed by atoms with Crippen LogP contribution in [0, 0.1) is 11.3 Å². The summed E-state index contributed by atoms with van der Waals surface area (Å²) in [5.41, 5.74) is 2.95. The summed E-state index contributed by atoms with van der Waals surface area (Å²) in [6.45, 7) is 12.3. The Morgan fingerprint density at radius 2 is 1.42 bits per heavy atom. The summed E-state index contributed by atoms with van der Waals surface area (Å²) >= 11 is 0. The zero-order valence-electron chi connectivity index (χ0n) is 16.9. The second-order valence-corrected chi connectivity index (χ2v) is 8.30. The zero-order chi connectivity index (χ0) is 19.7. The normalized spacial score (nSPS) is 11.8. The molecule has 0 aliphatic rings. The Bertz CT molecular complexity index is 853. The quantitative estimate of drug-likeness (QED) is 0.805. The first-order chi connectivity index (χ1) is 12.0. The van der Waals surface area contributed by atoms with Crippen molar-refractivity contribution in [2.45, 2.75) is 52.4 Å². The fourth-order valence-electron chi connectivity index (χ4n) is 2.74. The van der Waals surface area contributed by atoms with E-state index in [-0.39, 0.29) is 10.8 Å². The summed E-state index contributed by atoms with van der Waals surface area (Å²) in [4.78, 5) is 9.61. The molecule has 1 aromatic carbocycles. The van der Waals surface area contributed by atoms with Gasteiger partial charge in [-0.05, 0) is 18.2 Å². The molecule has 0 fully saturated rings. The second-order valence-electron chi connectivity index (χ2n) is 8.30. The lowest BCUT2D eigenvalue weighted by molar-refractivity contribution is 0.355. The predicted octanol–water partition coefficient (Wildman–Crippen LogP) is 4.63. The van der Waals surface area contributed by atoms with Crippen LogP contribution in [0.1, 0.15) is 58.6 Å². The van der Waals surface area contributed by atoms with Crippen LogP contribution in [-0.2, 0) is 10.8 Å². The number of methoxy groups -OCH3 is 2.